The van der Waals surface area contributed by atoms with Crippen LogP contribution in [0.15, 0.2) is 11.1 Å². The summed E-state index contributed by atoms with van der Waals surface area (Å²) in [4.78, 5) is 13.7. The number of hydrogen-bond acceptors (Lipinski definition) is 4. The van der Waals surface area contributed by atoms with Gasteiger partial charge in [0.25, 0.3) is 0 Å². The fourth-order valence-electron chi connectivity index (χ4n) is 1.43. The molecule has 0 aliphatic heterocycles. The van der Waals surface area contributed by atoms with E-state index in [0.29, 0.717) is 16.5 Å². The predicted molar refractivity (Wildman–Crippen MR) is 61.1 cm³/mol. The van der Waals surface area contributed by atoms with Gasteiger partial charge >= 0.3 is 0 Å². The fraction of sp³-hybridized carbons (Fsp3) is 0.364. The summed E-state index contributed by atoms with van der Waals surface area (Å²) in [6, 6.07) is 1.67. The first kappa shape index (κ1) is 12.6. The van der Waals surface area contributed by atoms with E-state index in [1.54, 1.807) is 6.07 Å². The van der Waals surface area contributed by atoms with Crippen LogP contribution in [0.3, 0.4) is 0 Å². The fourth-order valence-corrected chi connectivity index (χ4v) is 1.64. The number of isocyanates is 1. The molecule has 0 aliphatic rings. The van der Waals surface area contributed by atoms with Crippen molar-refractivity contribution in [2.75, 3.05) is 14.2 Å². The number of ether oxygens (including phenoxy) is 2. The van der Waals surface area contributed by atoms with E-state index in [1.807, 2.05) is 6.92 Å². The van der Waals surface area contributed by atoms with E-state index in [2.05, 4.69) is 4.99 Å². The molecule has 0 bridgehead atoms. The molecule has 1 aromatic carbocycles. The van der Waals surface area contributed by atoms with Crippen molar-refractivity contribution in [1.29, 1.82) is 0 Å². The Morgan fingerprint density at radius 1 is 1.44 bits per heavy atom. The van der Waals surface area contributed by atoms with Crippen molar-refractivity contribution in [2.24, 2.45) is 4.99 Å². The van der Waals surface area contributed by atoms with Crippen molar-refractivity contribution >= 4 is 17.7 Å². The molecule has 86 valence electrons. The summed E-state index contributed by atoms with van der Waals surface area (Å²) in [5.74, 6) is 1.07. The molecule has 0 atom stereocenters. The molecule has 0 fully saturated rings. The van der Waals surface area contributed by atoms with Gasteiger partial charge in [-0.2, -0.15) is 0 Å². The van der Waals surface area contributed by atoms with E-state index in [0.717, 1.165) is 11.1 Å². The van der Waals surface area contributed by atoms with Crippen LogP contribution in [0.4, 0.5) is 0 Å². The van der Waals surface area contributed by atoms with Crippen LogP contribution in [-0.4, -0.2) is 20.3 Å². The highest BCUT2D eigenvalue weighted by Gasteiger charge is 2.15. The summed E-state index contributed by atoms with van der Waals surface area (Å²) in [5, 5.41) is 0.550. The van der Waals surface area contributed by atoms with Gasteiger partial charge in [-0.15, -0.1) is 0 Å². The molecule has 16 heavy (non-hydrogen) atoms. The van der Waals surface area contributed by atoms with Crippen molar-refractivity contribution < 1.29 is 14.3 Å². The summed E-state index contributed by atoms with van der Waals surface area (Å²) >= 11 is 6.03. The van der Waals surface area contributed by atoms with Gasteiger partial charge < -0.3 is 9.47 Å². The second kappa shape index (κ2) is 5.54. The zero-order valence-corrected chi connectivity index (χ0v) is 10.1. The molecule has 0 N–H and O–H groups in total. The minimum Gasteiger partial charge on any atom is -0.493 e. The molecule has 4 nitrogen and oxygen atoms in total. The Morgan fingerprint density at radius 3 is 2.62 bits per heavy atom. The zero-order valence-electron chi connectivity index (χ0n) is 9.33. The van der Waals surface area contributed by atoms with E-state index in [1.165, 1.54) is 20.3 Å². The van der Waals surface area contributed by atoms with Crippen LogP contribution in [0.2, 0.25) is 5.02 Å². The average Bonchev–Trinajstić information content (AvgIpc) is 2.30. The number of carbonyl (C=O) groups excluding carboxylic acids is 1. The molecule has 5 heteroatoms. The Bertz CT molecular complexity index is 439. The van der Waals surface area contributed by atoms with Crippen LogP contribution in [0.25, 0.3) is 0 Å². The quantitative estimate of drug-likeness (QED) is 0.601. The lowest BCUT2D eigenvalue weighted by Gasteiger charge is -2.14. The molecule has 0 radical (unpaired) electrons. The van der Waals surface area contributed by atoms with Crippen LogP contribution in [-0.2, 0) is 11.3 Å². The first-order valence-electron chi connectivity index (χ1n) is 4.59. The Balaban J connectivity index is 3.39. The third-order valence-corrected chi connectivity index (χ3v) is 2.68. The van der Waals surface area contributed by atoms with Gasteiger partial charge in [-0.3, -0.25) is 0 Å². The van der Waals surface area contributed by atoms with Gasteiger partial charge in [-0.25, -0.2) is 9.79 Å². The van der Waals surface area contributed by atoms with Crippen LogP contribution < -0.4 is 9.47 Å². The van der Waals surface area contributed by atoms with Crippen molar-refractivity contribution in [3.63, 3.8) is 0 Å². The lowest BCUT2D eigenvalue weighted by Crippen LogP contribution is -1.99. The maximum atomic E-state index is 10.1. The van der Waals surface area contributed by atoms with Crippen LogP contribution >= 0.6 is 11.6 Å². The maximum absolute atomic E-state index is 10.1. The lowest BCUT2D eigenvalue weighted by atomic mass is 10.1. The third kappa shape index (κ3) is 2.35. The molecule has 0 aromatic heterocycles. The molecule has 1 rings (SSSR count). The normalized spacial score (nSPS) is 9.50. The van der Waals surface area contributed by atoms with E-state index >= 15 is 0 Å². The SMILES string of the molecule is COc1cc(Cl)c(C)c(CN=C=O)c1OC. The number of methoxy groups -OCH3 is 2. The first-order valence-corrected chi connectivity index (χ1v) is 4.97. The Morgan fingerprint density at radius 2 is 2.12 bits per heavy atom. The monoisotopic (exact) mass is 241 g/mol. The summed E-state index contributed by atoms with van der Waals surface area (Å²) in [6.45, 7) is 2.01. The Labute approximate surface area is 98.8 Å². The highest BCUT2D eigenvalue weighted by atomic mass is 35.5. The van der Waals surface area contributed by atoms with E-state index in [-0.39, 0.29) is 6.54 Å². The van der Waals surface area contributed by atoms with Gasteiger partial charge in [0.05, 0.1) is 20.8 Å². The smallest absolute Gasteiger partial charge is 0.235 e. The van der Waals surface area contributed by atoms with Gasteiger partial charge in [0, 0.05) is 16.7 Å². The van der Waals surface area contributed by atoms with Crippen molar-refractivity contribution in [3.8, 4) is 11.5 Å². The Hall–Kier alpha value is -1.51. The molecular weight excluding hydrogens is 230 g/mol. The van der Waals surface area contributed by atoms with Crippen LogP contribution in [0, 0.1) is 6.92 Å². The summed E-state index contributed by atoms with van der Waals surface area (Å²) in [6.07, 6.45) is 1.49. The van der Waals surface area contributed by atoms with Crippen molar-refractivity contribution in [3.05, 3.63) is 22.2 Å². The predicted octanol–water partition coefficient (Wildman–Crippen LogP) is 2.50. The molecule has 0 aliphatic carbocycles. The van der Waals surface area contributed by atoms with Gasteiger partial charge in [0.15, 0.2) is 11.5 Å². The summed E-state index contributed by atoms with van der Waals surface area (Å²) in [5.41, 5.74) is 1.55. The minimum absolute atomic E-state index is 0.176. The number of hydrogen-bond donors (Lipinski definition) is 0. The minimum atomic E-state index is 0.176. The summed E-state index contributed by atoms with van der Waals surface area (Å²) in [7, 11) is 3.05. The number of benzene rings is 1. The van der Waals surface area contributed by atoms with Gasteiger partial charge in [0.2, 0.25) is 6.08 Å². The number of nitrogens with zero attached hydrogens (tertiary/aromatic N) is 1. The molecule has 0 amide bonds. The maximum Gasteiger partial charge on any atom is 0.235 e. The topological polar surface area (TPSA) is 47.9 Å². The summed E-state index contributed by atoms with van der Waals surface area (Å²) < 4.78 is 10.4. The molecule has 0 spiro atoms. The van der Waals surface area contributed by atoms with Gasteiger partial charge in [0.1, 0.15) is 0 Å². The van der Waals surface area contributed by atoms with Crippen molar-refractivity contribution in [2.45, 2.75) is 13.5 Å². The van der Waals surface area contributed by atoms with Crippen LogP contribution in [0.1, 0.15) is 11.1 Å². The standard InChI is InChI=1S/C11H12ClNO3/c1-7-8(5-13-6-14)11(16-3)10(15-2)4-9(7)12/h4H,5H2,1-3H3. The molecule has 0 saturated heterocycles. The third-order valence-electron chi connectivity index (χ3n) is 2.29. The molecular formula is C11H12ClNO3. The van der Waals surface area contributed by atoms with E-state index in [9.17, 15) is 4.79 Å². The average molecular weight is 242 g/mol. The number of halogens is 1. The van der Waals surface area contributed by atoms with E-state index < -0.39 is 0 Å². The molecule has 0 unspecified atom stereocenters. The molecule has 0 saturated carbocycles. The van der Waals surface area contributed by atoms with Crippen LogP contribution in [0.5, 0.6) is 11.5 Å². The number of rotatable bonds is 4. The first-order chi connectivity index (χ1) is 7.65. The largest absolute Gasteiger partial charge is 0.493 e. The van der Waals surface area contributed by atoms with Crippen molar-refractivity contribution in [1.82, 2.24) is 0 Å². The highest BCUT2D eigenvalue weighted by molar-refractivity contribution is 6.31. The van der Waals surface area contributed by atoms with Gasteiger partial charge in [-0.05, 0) is 12.5 Å². The second-order valence-corrected chi connectivity index (χ2v) is 3.51. The van der Waals surface area contributed by atoms with E-state index in [4.69, 9.17) is 21.1 Å². The molecule has 1 aromatic rings. The highest BCUT2D eigenvalue weighted by Crippen LogP contribution is 2.38. The lowest BCUT2D eigenvalue weighted by molar-refractivity contribution is 0.351. The number of aliphatic imine (C=N–C) groups is 1. The zero-order chi connectivity index (χ0) is 12.1. The molecule has 0 heterocycles. The second-order valence-electron chi connectivity index (χ2n) is 3.10. The van der Waals surface area contributed by atoms with Gasteiger partial charge in [-0.1, -0.05) is 11.6 Å². The Kier molecular flexibility index (Phi) is 4.35.